The number of halogens is 1. The number of ether oxygens (including phenoxy) is 1. The fourth-order valence-corrected chi connectivity index (χ4v) is 3.65. The monoisotopic (exact) mass is 424 g/mol. The van der Waals surface area contributed by atoms with Gasteiger partial charge in [-0.2, -0.15) is 0 Å². The SMILES string of the molecule is O=C(Nc1ccc(CN2CCCCC2)cc1)c1ccc(COc2ccc(Cl)cc2)o1. The molecule has 1 N–H and O–H groups in total. The van der Waals surface area contributed by atoms with Crippen molar-refractivity contribution in [3.05, 3.63) is 82.8 Å². The highest BCUT2D eigenvalue weighted by molar-refractivity contribution is 6.30. The van der Waals surface area contributed by atoms with Gasteiger partial charge in [0.05, 0.1) is 0 Å². The molecule has 4 rings (SSSR count). The fourth-order valence-electron chi connectivity index (χ4n) is 3.52. The van der Waals surface area contributed by atoms with E-state index in [1.54, 1.807) is 36.4 Å². The molecule has 2 heterocycles. The topological polar surface area (TPSA) is 54.7 Å². The average Bonchev–Trinajstić information content (AvgIpc) is 3.25. The molecule has 1 fully saturated rings. The molecule has 156 valence electrons. The smallest absolute Gasteiger partial charge is 0.291 e. The molecule has 3 aromatic rings. The summed E-state index contributed by atoms with van der Waals surface area (Å²) in [5.41, 5.74) is 2.01. The van der Waals surface area contributed by atoms with E-state index in [1.165, 1.54) is 37.9 Å². The Bertz CT molecular complexity index is 961. The lowest BCUT2D eigenvalue weighted by molar-refractivity contribution is 0.0992. The molecule has 1 aliphatic heterocycles. The minimum Gasteiger partial charge on any atom is -0.486 e. The Hall–Kier alpha value is -2.76. The summed E-state index contributed by atoms with van der Waals surface area (Å²) in [4.78, 5) is 15.0. The van der Waals surface area contributed by atoms with E-state index in [4.69, 9.17) is 20.8 Å². The van der Waals surface area contributed by atoms with E-state index < -0.39 is 0 Å². The van der Waals surface area contributed by atoms with E-state index in [1.807, 2.05) is 12.1 Å². The first kappa shape index (κ1) is 20.5. The maximum Gasteiger partial charge on any atom is 0.291 e. The summed E-state index contributed by atoms with van der Waals surface area (Å²) >= 11 is 5.87. The number of nitrogens with zero attached hydrogens (tertiary/aromatic N) is 1. The van der Waals surface area contributed by atoms with Crippen molar-refractivity contribution in [3.63, 3.8) is 0 Å². The summed E-state index contributed by atoms with van der Waals surface area (Å²) in [5.74, 6) is 1.23. The summed E-state index contributed by atoms with van der Waals surface area (Å²) in [7, 11) is 0. The Kier molecular flexibility index (Phi) is 6.72. The molecule has 1 aliphatic rings. The number of carbonyl (C=O) groups is 1. The van der Waals surface area contributed by atoms with Gasteiger partial charge in [-0.05, 0) is 80.0 Å². The summed E-state index contributed by atoms with van der Waals surface area (Å²) in [6, 6.07) is 18.5. The lowest BCUT2D eigenvalue weighted by Crippen LogP contribution is -2.29. The second-order valence-electron chi connectivity index (χ2n) is 7.50. The molecule has 0 radical (unpaired) electrons. The molecule has 0 spiro atoms. The van der Waals surface area contributed by atoms with E-state index in [9.17, 15) is 4.79 Å². The van der Waals surface area contributed by atoms with Gasteiger partial charge < -0.3 is 14.5 Å². The highest BCUT2D eigenvalue weighted by Crippen LogP contribution is 2.19. The van der Waals surface area contributed by atoms with Gasteiger partial charge in [-0.15, -0.1) is 0 Å². The second kappa shape index (κ2) is 9.83. The van der Waals surface area contributed by atoms with Crippen molar-refractivity contribution in [2.75, 3.05) is 18.4 Å². The van der Waals surface area contributed by atoms with Crippen LogP contribution in [0, 0.1) is 0 Å². The van der Waals surface area contributed by atoms with Crippen molar-refractivity contribution in [2.24, 2.45) is 0 Å². The van der Waals surface area contributed by atoms with Gasteiger partial charge in [-0.1, -0.05) is 30.2 Å². The number of furan rings is 1. The minimum atomic E-state index is -0.281. The number of anilines is 1. The largest absolute Gasteiger partial charge is 0.486 e. The molecule has 1 amide bonds. The van der Waals surface area contributed by atoms with Crippen LogP contribution in [-0.2, 0) is 13.2 Å². The maximum atomic E-state index is 12.5. The van der Waals surface area contributed by atoms with Gasteiger partial charge in [0.1, 0.15) is 18.1 Å². The van der Waals surface area contributed by atoms with Crippen LogP contribution in [0.25, 0.3) is 0 Å². The van der Waals surface area contributed by atoms with Gasteiger partial charge in [0.15, 0.2) is 5.76 Å². The summed E-state index contributed by atoms with van der Waals surface area (Å²) in [6.45, 7) is 3.53. The molecule has 0 saturated carbocycles. The highest BCUT2D eigenvalue weighted by atomic mass is 35.5. The molecule has 0 atom stereocenters. The summed E-state index contributed by atoms with van der Waals surface area (Å²) < 4.78 is 11.3. The van der Waals surface area contributed by atoms with Crippen LogP contribution in [0.3, 0.4) is 0 Å². The number of hydrogen-bond acceptors (Lipinski definition) is 4. The zero-order valence-electron chi connectivity index (χ0n) is 16.8. The third kappa shape index (κ3) is 5.65. The third-order valence-electron chi connectivity index (χ3n) is 5.15. The Morgan fingerprint density at radius 2 is 1.70 bits per heavy atom. The fraction of sp³-hybridized carbons (Fsp3) is 0.292. The van der Waals surface area contributed by atoms with Crippen LogP contribution in [0.5, 0.6) is 5.75 Å². The minimum absolute atomic E-state index is 0.236. The lowest BCUT2D eigenvalue weighted by Gasteiger charge is -2.26. The van der Waals surface area contributed by atoms with Crippen LogP contribution >= 0.6 is 11.6 Å². The summed E-state index contributed by atoms with van der Waals surface area (Å²) in [6.07, 6.45) is 3.90. The standard InChI is InChI=1S/C24H25ClN2O3/c25-19-6-10-21(11-7-19)29-17-22-12-13-23(30-22)24(28)26-20-8-4-18(5-9-20)16-27-14-2-1-3-15-27/h4-13H,1-3,14-17H2,(H,26,28). The maximum absolute atomic E-state index is 12.5. The van der Waals surface area contributed by atoms with E-state index in [0.29, 0.717) is 16.5 Å². The Balaban J connectivity index is 1.28. The Morgan fingerprint density at radius 1 is 0.967 bits per heavy atom. The van der Waals surface area contributed by atoms with Gasteiger partial charge in [-0.3, -0.25) is 9.69 Å². The number of rotatable bonds is 7. The number of amides is 1. The molecular weight excluding hydrogens is 400 g/mol. The van der Waals surface area contributed by atoms with Crippen LogP contribution in [0.15, 0.2) is 65.1 Å². The van der Waals surface area contributed by atoms with Crippen molar-refractivity contribution in [1.82, 2.24) is 4.90 Å². The summed E-state index contributed by atoms with van der Waals surface area (Å²) in [5, 5.41) is 3.53. The number of nitrogens with one attached hydrogen (secondary N) is 1. The van der Waals surface area contributed by atoms with E-state index in [2.05, 4.69) is 22.3 Å². The van der Waals surface area contributed by atoms with Crippen molar-refractivity contribution in [3.8, 4) is 5.75 Å². The zero-order chi connectivity index (χ0) is 20.8. The molecule has 0 aliphatic carbocycles. The van der Waals surface area contributed by atoms with Crippen molar-refractivity contribution in [1.29, 1.82) is 0 Å². The van der Waals surface area contributed by atoms with E-state index in [0.717, 1.165) is 12.2 Å². The molecular formula is C24H25ClN2O3. The lowest BCUT2D eigenvalue weighted by atomic mass is 10.1. The molecule has 1 aromatic heterocycles. The average molecular weight is 425 g/mol. The van der Waals surface area contributed by atoms with Gasteiger partial charge in [-0.25, -0.2) is 0 Å². The molecule has 6 heteroatoms. The molecule has 5 nitrogen and oxygen atoms in total. The number of carbonyl (C=O) groups excluding carboxylic acids is 1. The number of benzene rings is 2. The number of piperidine rings is 1. The van der Waals surface area contributed by atoms with Gasteiger partial charge in [0, 0.05) is 17.3 Å². The predicted octanol–water partition coefficient (Wildman–Crippen LogP) is 5.75. The van der Waals surface area contributed by atoms with E-state index in [-0.39, 0.29) is 18.3 Å². The Morgan fingerprint density at radius 3 is 2.43 bits per heavy atom. The molecule has 30 heavy (non-hydrogen) atoms. The van der Waals surface area contributed by atoms with Crippen molar-refractivity contribution in [2.45, 2.75) is 32.4 Å². The first-order valence-corrected chi connectivity index (χ1v) is 10.6. The number of likely N-dealkylation sites (tertiary alicyclic amines) is 1. The van der Waals surface area contributed by atoms with Crippen LogP contribution in [-0.4, -0.2) is 23.9 Å². The first-order valence-electron chi connectivity index (χ1n) is 10.3. The van der Waals surface area contributed by atoms with Crippen molar-refractivity contribution >= 4 is 23.2 Å². The highest BCUT2D eigenvalue weighted by Gasteiger charge is 2.13. The number of hydrogen-bond donors (Lipinski definition) is 1. The van der Waals surface area contributed by atoms with Crippen LogP contribution in [0.1, 0.15) is 41.1 Å². The van der Waals surface area contributed by atoms with Gasteiger partial charge >= 0.3 is 0 Å². The first-order chi connectivity index (χ1) is 14.7. The second-order valence-corrected chi connectivity index (χ2v) is 7.93. The van der Waals surface area contributed by atoms with Crippen LogP contribution < -0.4 is 10.1 Å². The zero-order valence-corrected chi connectivity index (χ0v) is 17.5. The molecule has 1 saturated heterocycles. The van der Waals surface area contributed by atoms with Gasteiger partial charge in [0.2, 0.25) is 0 Å². The van der Waals surface area contributed by atoms with Crippen molar-refractivity contribution < 1.29 is 13.9 Å². The molecule has 0 bridgehead atoms. The van der Waals surface area contributed by atoms with Gasteiger partial charge in [0.25, 0.3) is 5.91 Å². The third-order valence-corrected chi connectivity index (χ3v) is 5.40. The van der Waals surface area contributed by atoms with Crippen LogP contribution in [0.2, 0.25) is 5.02 Å². The van der Waals surface area contributed by atoms with Crippen LogP contribution in [0.4, 0.5) is 5.69 Å². The van der Waals surface area contributed by atoms with E-state index >= 15 is 0 Å². The normalized spacial score (nSPS) is 14.4. The predicted molar refractivity (Wildman–Crippen MR) is 118 cm³/mol. The molecule has 2 aromatic carbocycles. The Labute approximate surface area is 181 Å². The molecule has 0 unspecified atom stereocenters. The quantitative estimate of drug-likeness (QED) is 0.524.